The molecular weight excluding hydrogens is 236 g/mol. The molecule has 0 aliphatic carbocycles. The van der Waals surface area contributed by atoms with Crippen LogP contribution in [0.1, 0.15) is 23.1 Å². The Labute approximate surface area is 105 Å². The van der Waals surface area contributed by atoms with Gasteiger partial charge in [-0.05, 0) is 6.92 Å². The fraction of sp³-hybridized carbons (Fsp3) is 0.545. The molecule has 1 heterocycles. The lowest BCUT2D eigenvalue weighted by Crippen LogP contribution is -2.34. The minimum atomic E-state index is -0.398. The van der Waals surface area contributed by atoms with E-state index in [1.54, 1.807) is 20.9 Å². The molecule has 1 atom stereocenters. The van der Waals surface area contributed by atoms with E-state index in [0.717, 1.165) is 0 Å². The summed E-state index contributed by atoms with van der Waals surface area (Å²) in [6.07, 6.45) is 0. The lowest BCUT2D eigenvalue weighted by Gasteiger charge is -2.19. The molecule has 0 aliphatic rings. The number of nitrogens with zero attached hydrogens (tertiary/aromatic N) is 2. The number of anilines is 1. The van der Waals surface area contributed by atoms with Gasteiger partial charge in [0.25, 0.3) is 5.91 Å². The molecule has 1 aromatic rings. The normalized spacial score (nSPS) is 12.0. The van der Waals surface area contributed by atoms with Gasteiger partial charge in [0.05, 0.1) is 24.4 Å². The number of nitrogens with one attached hydrogen (secondary N) is 1. The van der Waals surface area contributed by atoms with E-state index < -0.39 is 5.92 Å². The summed E-state index contributed by atoms with van der Waals surface area (Å²) >= 11 is 0. The van der Waals surface area contributed by atoms with Crippen LogP contribution in [0.15, 0.2) is 0 Å². The van der Waals surface area contributed by atoms with Gasteiger partial charge in [-0.15, -0.1) is 0 Å². The van der Waals surface area contributed by atoms with Crippen molar-refractivity contribution in [2.24, 2.45) is 5.92 Å². The molecule has 7 nitrogen and oxygen atoms in total. The molecule has 1 unspecified atom stereocenters. The van der Waals surface area contributed by atoms with E-state index in [1.807, 2.05) is 0 Å². The molecular formula is C11H18N4O3. The van der Waals surface area contributed by atoms with E-state index in [1.165, 1.54) is 12.0 Å². The third-order valence-electron chi connectivity index (χ3n) is 2.70. The molecule has 0 aromatic carbocycles. The summed E-state index contributed by atoms with van der Waals surface area (Å²) in [4.78, 5) is 24.7. The molecule has 0 fully saturated rings. The van der Waals surface area contributed by atoms with Crippen LogP contribution in [0.4, 0.5) is 5.69 Å². The number of esters is 1. The van der Waals surface area contributed by atoms with Gasteiger partial charge < -0.3 is 15.4 Å². The summed E-state index contributed by atoms with van der Waals surface area (Å²) in [7, 11) is 2.90. The summed E-state index contributed by atoms with van der Waals surface area (Å²) in [6.45, 7) is 3.67. The third-order valence-corrected chi connectivity index (χ3v) is 2.70. The minimum Gasteiger partial charge on any atom is -0.469 e. The van der Waals surface area contributed by atoms with Crippen molar-refractivity contribution in [1.82, 2.24) is 15.1 Å². The molecule has 7 heteroatoms. The number of methoxy groups -OCH3 is 1. The van der Waals surface area contributed by atoms with Crippen molar-refractivity contribution >= 4 is 17.6 Å². The zero-order valence-corrected chi connectivity index (χ0v) is 11.0. The quantitative estimate of drug-likeness (QED) is 0.746. The van der Waals surface area contributed by atoms with Crippen molar-refractivity contribution in [3.05, 3.63) is 11.4 Å². The highest BCUT2D eigenvalue weighted by molar-refractivity contribution is 5.97. The van der Waals surface area contributed by atoms with Crippen LogP contribution in [0, 0.1) is 12.8 Å². The number of aromatic amines is 1. The first-order chi connectivity index (χ1) is 8.38. The van der Waals surface area contributed by atoms with Gasteiger partial charge in [0.2, 0.25) is 0 Å². The van der Waals surface area contributed by atoms with Crippen molar-refractivity contribution in [2.45, 2.75) is 13.8 Å². The van der Waals surface area contributed by atoms with Gasteiger partial charge in [-0.1, -0.05) is 6.92 Å². The maximum Gasteiger partial charge on any atom is 0.310 e. The number of aromatic nitrogens is 2. The largest absolute Gasteiger partial charge is 0.469 e. The standard InChI is InChI=1S/C11H18N4O3/c1-6(11(17)18-4)5-15(3)10(16)9-8(12)7(2)13-14-9/h6H,5,12H2,1-4H3,(H,13,14). The van der Waals surface area contributed by atoms with Crippen LogP contribution in [0.5, 0.6) is 0 Å². The Kier molecular flexibility index (Phi) is 4.30. The summed E-state index contributed by atoms with van der Waals surface area (Å²) in [5.74, 6) is -1.08. The topological polar surface area (TPSA) is 101 Å². The molecule has 0 spiro atoms. The van der Waals surface area contributed by atoms with Crippen LogP contribution in [0.2, 0.25) is 0 Å². The Hall–Kier alpha value is -2.05. The number of aryl methyl sites for hydroxylation is 1. The van der Waals surface area contributed by atoms with Gasteiger partial charge in [-0.25, -0.2) is 0 Å². The maximum atomic E-state index is 12.0. The monoisotopic (exact) mass is 254 g/mol. The second-order valence-electron chi connectivity index (χ2n) is 4.22. The van der Waals surface area contributed by atoms with Crippen molar-refractivity contribution in [3.63, 3.8) is 0 Å². The molecule has 1 amide bonds. The average Bonchev–Trinajstić information content (AvgIpc) is 2.67. The van der Waals surface area contributed by atoms with Crippen LogP contribution < -0.4 is 5.73 Å². The Morgan fingerprint density at radius 2 is 2.17 bits per heavy atom. The van der Waals surface area contributed by atoms with E-state index in [0.29, 0.717) is 11.4 Å². The van der Waals surface area contributed by atoms with Gasteiger partial charge in [-0.2, -0.15) is 5.10 Å². The highest BCUT2D eigenvalue weighted by Gasteiger charge is 2.23. The minimum absolute atomic E-state index is 0.173. The molecule has 3 N–H and O–H groups in total. The zero-order chi connectivity index (χ0) is 13.9. The first-order valence-electron chi connectivity index (χ1n) is 5.52. The highest BCUT2D eigenvalue weighted by atomic mass is 16.5. The van der Waals surface area contributed by atoms with Crippen molar-refractivity contribution in [3.8, 4) is 0 Å². The lowest BCUT2D eigenvalue weighted by molar-refractivity contribution is -0.145. The van der Waals surface area contributed by atoms with Gasteiger partial charge in [0.15, 0.2) is 5.69 Å². The second kappa shape index (κ2) is 5.52. The summed E-state index contributed by atoms with van der Waals surface area (Å²) < 4.78 is 4.60. The van der Waals surface area contributed by atoms with Gasteiger partial charge >= 0.3 is 5.97 Å². The summed E-state index contributed by atoms with van der Waals surface area (Å²) in [6, 6.07) is 0. The maximum absolute atomic E-state index is 12.0. The van der Waals surface area contributed by atoms with Crippen LogP contribution in [0.3, 0.4) is 0 Å². The first kappa shape index (κ1) is 14.0. The molecule has 0 saturated heterocycles. The Morgan fingerprint density at radius 3 is 2.61 bits per heavy atom. The number of amides is 1. The molecule has 1 aromatic heterocycles. The number of rotatable bonds is 4. The average molecular weight is 254 g/mol. The first-order valence-corrected chi connectivity index (χ1v) is 5.52. The van der Waals surface area contributed by atoms with Crippen molar-refractivity contribution in [1.29, 1.82) is 0 Å². The Balaban J connectivity index is 2.73. The fourth-order valence-electron chi connectivity index (χ4n) is 1.55. The number of nitrogen functional groups attached to an aromatic ring is 1. The molecule has 100 valence electrons. The van der Waals surface area contributed by atoms with Gasteiger partial charge in [0.1, 0.15) is 0 Å². The summed E-state index contributed by atoms with van der Waals surface area (Å²) in [5, 5.41) is 6.50. The van der Waals surface area contributed by atoms with E-state index in [-0.39, 0.29) is 24.1 Å². The van der Waals surface area contributed by atoms with Crippen LogP contribution in [-0.2, 0) is 9.53 Å². The number of nitrogens with two attached hydrogens (primary N) is 1. The number of carbonyl (C=O) groups is 2. The fourth-order valence-corrected chi connectivity index (χ4v) is 1.55. The smallest absolute Gasteiger partial charge is 0.310 e. The molecule has 1 rings (SSSR count). The number of hydrogen-bond acceptors (Lipinski definition) is 5. The van der Waals surface area contributed by atoms with Crippen molar-refractivity contribution in [2.75, 3.05) is 26.4 Å². The zero-order valence-electron chi connectivity index (χ0n) is 11.0. The SMILES string of the molecule is COC(=O)C(C)CN(C)C(=O)c1n[nH]c(C)c1N. The van der Waals surface area contributed by atoms with E-state index in [2.05, 4.69) is 14.9 Å². The van der Waals surface area contributed by atoms with Crippen LogP contribution in [-0.4, -0.2) is 47.7 Å². The second-order valence-corrected chi connectivity index (χ2v) is 4.22. The number of hydrogen-bond donors (Lipinski definition) is 2. The van der Waals surface area contributed by atoms with Gasteiger partial charge in [0, 0.05) is 13.6 Å². The Bertz CT molecular complexity index is 455. The van der Waals surface area contributed by atoms with E-state index in [4.69, 9.17) is 5.73 Å². The van der Waals surface area contributed by atoms with Crippen molar-refractivity contribution < 1.29 is 14.3 Å². The van der Waals surface area contributed by atoms with E-state index in [9.17, 15) is 9.59 Å². The Morgan fingerprint density at radius 1 is 1.56 bits per heavy atom. The van der Waals surface area contributed by atoms with Crippen LogP contribution in [0.25, 0.3) is 0 Å². The van der Waals surface area contributed by atoms with Crippen LogP contribution >= 0.6 is 0 Å². The predicted octanol–water partition coefficient (Wildman–Crippen LogP) is 0.181. The molecule has 0 radical (unpaired) electrons. The number of ether oxygens (including phenoxy) is 1. The van der Waals surface area contributed by atoms with E-state index >= 15 is 0 Å². The highest BCUT2D eigenvalue weighted by Crippen LogP contribution is 2.15. The molecule has 18 heavy (non-hydrogen) atoms. The number of H-pyrrole nitrogens is 1. The predicted molar refractivity (Wildman–Crippen MR) is 65.9 cm³/mol. The molecule has 0 aliphatic heterocycles. The molecule has 0 saturated carbocycles. The van der Waals surface area contributed by atoms with Gasteiger partial charge in [-0.3, -0.25) is 14.7 Å². The lowest BCUT2D eigenvalue weighted by atomic mass is 10.1. The third kappa shape index (κ3) is 2.79. The molecule has 0 bridgehead atoms. The summed E-state index contributed by atoms with van der Waals surface area (Å²) in [5.41, 5.74) is 6.88. The number of carbonyl (C=O) groups excluding carboxylic acids is 2.